The number of nitrogens with two attached hydrogens (primary N) is 1. The number of pyridine rings is 1. The first-order valence-electron chi connectivity index (χ1n) is 6.84. The van der Waals surface area contributed by atoms with Crippen LogP contribution in [0.25, 0.3) is 0 Å². The molecule has 1 aromatic heterocycles. The van der Waals surface area contributed by atoms with E-state index in [1.54, 1.807) is 12.3 Å². The lowest BCUT2D eigenvalue weighted by atomic mass is 10.3. The molecule has 0 saturated heterocycles. The third kappa shape index (κ3) is 7.10. The first kappa shape index (κ1) is 15.9. The van der Waals surface area contributed by atoms with Crippen molar-refractivity contribution in [3.8, 4) is 0 Å². The van der Waals surface area contributed by atoms with E-state index in [4.69, 9.17) is 15.2 Å². The Bertz CT molecular complexity index is 337. The molecular formula is C14H25N3O2. The van der Waals surface area contributed by atoms with Crippen LogP contribution in [0.2, 0.25) is 0 Å². The standard InChI is InChI=1S/C14H25N3O2/c1-3-18-9-7-17(8-10-19-4-2)12-14-11-13(15)5-6-16-14/h5-6,11H,3-4,7-10,12H2,1-2H3,(H2,15,16). The van der Waals surface area contributed by atoms with Crippen LogP contribution in [-0.2, 0) is 16.0 Å². The Morgan fingerprint density at radius 2 is 1.79 bits per heavy atom. The van der Waals surface area contributed by atoms with Crippen molar-refractivity contribution >= 4 is 5.69 Å². The summed E-state index contributed by atoms with van der Waals surface area (Å²) >= 11 is 0. The molecule has 1 heterocycles. The molecule has 0 aliphatic carbocycles. The SMILES string of the molecule is CCOCCN(CCOCC)Cc1cc(N)ccn1. The van der Waals surface area contributed by atoms with E-state index in [1.165, 1.54) is 0 Å². The van der Waals surface area contributed by atoms with Gasteiger partial charge >= 0.3 is 0 Å². The van der Waals surface area contributed by atoms with E-state index in [0.717, 1.165) is 57.4 Å². The molecule has 0 amide bonds. The summed E-state index contributed by atoms with van der Waals surface area (Å²) < 4.78 is 10.8. The third-order valence-electron chi connectivity index (χ3n) is 2.74. The maximum atomic E-state index is 5.77. The Morgan fingerprint density at radius 1 is 1.16 bits per heavy atom. The second-order valence-electron chi connectivity index (χ2n) is 4.25. The summed E-state index contributed by atoms with van der Waals surface area (Å²) in [7, 11) is 0. The van der Waals surface area contributed by atoms with Crippen LogP contribution in [0.5, 0.6) is 0 Å². The highest BCUT2D eigenvalue weighted by Crippen LogP contribution is 2.06. The van der Waals surface area contributed by atoms with Crippen molar-refractivity contribution in [2.75, 3.05) is 45.3 Å². The number of aromatic nitrogens is 1. The zero-order valence-corrected chi connectivity index (χ0v) is 12.0. The Hall–Kier alpha value is -1.17. The highest BCUT2D eigenvalue weighted by Gasteiger charge is 2.07. The molecule has 5 nitrogen and oxygen atoms in total. The van der Waals surface area contributed by atoms with Crippen LogP contribution >= 0.6 is 0 Å². The number of anilines is 1. The molecule has 5 heteroatoms. The molecule has 0 fully saturated rings. The van der Waals surface area contributed by atoms with Crippen molar-refractivity contribution in [1.29, 1.82) is 0 Å². The van der Waals surface area contributed by atoms with Gasteiger partial charge in [0.25, 0.3) is 0 Å². The van der Waals surface area contributed by atoms with Crippen molar-refractivity contribution in [3.63, 3.8) is 0 Å². The van der Waals surface area contributed by atoms with E-state index >= 15 is 0 Å². The van der Waals surface area contributed by atoms with Crippen LogP contribution in [-0.4, -0.2) is 49.4 Å². The Kier molecular flexibility index (Phi) is 8.13. The Morgan fingerprint density at radius 3 is 2.32 bits per heavy atom. The highest BCUT2D eigenvalue weighted by atomic mass is 16.5. The zero-order chi connectivity index (χ0) is 13.9. The monoisotopic (exact) mass is 267 g/mol. The van der Waals surface area contributed by atoms with Crippen molar-refractivity contribution < 1.29 is 9.47 Å². The lowest BCUT2D eigenvalue weighted by Crippen LogP contribution is -2.31. The fourth-order valence-corrected chi connectivity index (χ4v) is 1.76. The molecule has 1 aromatic rings. The summed E-state index contributed by atoms with van der Waals surface area (Å²) in [5.41, 5.74) is 7.50. The van der Waals surface area contributed by atoms with Crippen LogP contribution in [0, 0.1) is 0 Å². The molecular weight excluding hydrogens is 242 g/mol. The van der Waals surface area contributed by atoms with Crippen molar-refractivity contribution in [2.45, 2.75) is 20.4 Å². The summed E-state index contributed by atoms with van der Waals surface area (Å²) in [5, 5.41) is 0. The second-order valence-corrected chi connectivity index (χ2v) is 4.25. The fourth-order valence-electron chi connectivity index (χ4n) is 1.76. The van der Waals surface area contributed by atoms with Gasteiger partial charge in [-0.05, 0) is 26.0 Å². The van der Waals surface area contributed by atoms with Gasteiger partial charge < -0.3 is 15.2 Å². The van der Waals surface area contributed by atoms with E-state index in [1.807, 2.05) is 19.9 Å². The topological polar surface area (TPSA) is 60.6 Å². The van der Waals surface area contributed by atoms with Crippen molar-refractivity contribution in [3.05, 3.63) is 24.0 Å². The number of rotatable bonds is 10. The van der Waals surface area contributed by atoms with E-state index in [-0.39, 0.29) is 0 Å². The quantitative estimate of drug-likeness (QED) is 0.652. The van der Waals surface area contributed by atoms with Crippen LogP contribution in [0.4, 0.5) is 5.69 Å². The highest BCUT2D eigenvalue weighted by molar-refractivity contribution is 5.37. The average molecular weight is 267 g/mol. The van der Waals surface area contributed by atoms with E-state index in [2.05, 4.69) is 9.88 Å². The molecule has 0 bridgehead atoms. The molecule has 2 N–H and O–H groups in total. The van der Waals surface area contributed by atoms with Gasteiger partial charge in [0.2, 0.25) is 0 Å². The number of hydrogen-bond donors (Lipinski definition) is 1. The maximum absolute atomic E-state index is 5.77. The van der Waals surface area contributed by atoms with E-state index < -0.39 is 0 Å². The van der Waals surface area contributed by atoms with Crippen LogP contribution in [0.3, 0.4) is 0 Å². The Balaban J connectivity index is 2.46. The van der Waals surface area contributed by atoms with Crippen LogP contribution in [0.15, 0.2) is 18.3 Å². The maximum Gasteiger partial charge on any atom is 0.0593 e. The van der Waals surface area contributed by atoms with Crippen molar-refractivity contribution in [2.24, 2.45) is 0 Å². The summed E-state index contributed by atoms with van der Waals surface area (Å²) in [4.78, 5) is 6.60. The molecule has 0 spiro atoms. The third-order valence-corrected chi connectivity index (χ3v) is 2.74. The number of nitrogens with zero attached hydrogens (tertiary/aromatic N) is 2. The zero-order valence-electron chi connectivity index (χ0n) is 12.0. The molecule has 0 unspecified atom stereocenters. The summed E-state index contributed by atoms with van der Waals surface area (Å²) in [5.74, 6) is 0. The van der Waals surface area contributed by atoms with Gasteiger partial charge in [-0.15, -0.1) is 0 Å². The summed E-state index contributed by atoms with van der Waals surface area (Å²) in [6, 6.07) is 3.71. The van der Waals surface area contributed by atoms with E-state index in [9.17, 15) is 0 Å². The van der Waals surface area contributed by atoms with Gasteiger partial charge in [-0.1, -0.05) is 0 Å². The minimum Gasteiger partial charge on any atom is -0.399 e. The minimum atomic E-state index is 0.727. The lowest BCUT2D eigenvalue weighted by Gasteiger charge is -2.21. The molecule has 0 radical (unpaired) electrons. The van der Waals surface area contributed by atoms with Gasteiger partial charge in [0, 0.05) is 44.7 Å². The van der Waals surface area contributed by atoms with Gasteiger partial charge in [-0.2, -0.15) is 0 Å². The lowest BCUT2D eigenvalue weighted by molar-refractivity contribution is 0.0793. The second kappa shape index (κ2) is 9.72. The molecule has 108 valence electrons. The van der Waals surface area contributed by atoms with Gasteiger partial charge in [0.05, 0.1) is 18.9 Å². The predicted molar refractivity (Wildman–Crippen MR) is 76.9 cm³/mol. The molecule has 19 heavy (non-hydrogen) atoms. The number of ether oxygens (including phenoxy) is 2. The van der Waals surface area contributed by atoms with Gasteiger partial charge in [-0.3, -0.25) is 9.88 Å². The van der Waals surface area contributed by atoms with Gasteiger partial charge in [0.1, 0.15) is 0 Å². The minimum absolute atomic E-state index is 0.727. The Labute approximate surface area is 115 Å². The van der Waals surface area contributed by atoms with Gasteiger partial charge in [-0.25, -0.2) is 0 Å². The molecule has 0 aromatic carbocycles. The van der Waals surface area contributed by atoms with Crippen LogP contribution < -0.4 is 5.73 Å². The number of nitrogen functional groups attached to an aromatic ring is 1. The predicted octanol–water partition coefficient (Wildman–Crippen LogP) is 1.54. The largest absolute Gasteiger partial charge is 0.399 e. The molecule has 0 aliphatic rings. The van der Waals surface area contributed by atoms with E-state index in [0.29, 0.717) is 0 Å². The van der Waals surface area contributed by atoms with Gasteiger partial charge in [0.15, 0.2) is 0 Å². The van der Waals surface area contributed by atoms with Crippen molar-refractivity contribution in [1.82, 2.24) is 9.88 Å². The fraction of sp³-hybridized carbons (Fsp3) is 0.643. The first-order chi connectivity index (χ1) is 9.26. The molecule has 0 saturated carbocycles. The summed E-state index contributed by atoms with van der Waals surface area (Å²) in [6.45, 7) is 9.47. The number of hydrogen-bond acceptors (Lipinski definition) is 5. The van der Waals surface area contributed by atoms with Crippen LogP contribution in [0.1, 0.15) is 19.5 Å². The molecule has 0 atom stereocenters. The molecule has 0 aliphatic heterocycles. The molecule has 1 rings (SSSR count). The normalized spacial score (nSPS) is 11.1. The summed E-state index contributed by atoms with van der Waals surface area (Å²) in [6.07, 6.45) is 1.74. The first-order valence-corrected chi connectivity index (χ1v) is 6.84. The smallest absolute Gasteiger partial charge is 0.0593 e. The average Bonchev–Trinajstić information content (AvgIpc) is 2.39.